The number of nitrogens with zero attached hydrogens (tertiary/aromatic N) is 1. The van der Waals surface area contributed by atoms with E-state index in [0.29, 0.717) is 37.9 Å². The minimum absolute atomic E-state index is 0.100. The Morgan fingerprint density at radius 3 is 2.00 bits per heavy atom. The van der Waals surface area contributed by atoms with Crippen molar-refractivity contribution < 1.29 is 14.2 Å². The van der Waals surface area contributed by atoms with Crippen LogP contribution in [-0.4, -0.2) is 24.4 Å². The molecule has 0 saturated carbocycles. The Labute approximate surface area is 269 Å². The molecule has 0 saturated heterocycles. The summed E-state index contributed by atoms with van der Waals surface area (Å²) in [7, 11) is 0. The molecule has 2 rings (SSSR count). The zero-order valence-corrected chi connectivity index (χ0v) is 29.1. The zero-order chi connectivity index (χ0) is 32.0. The van der Waals surface area contributed by atoms with E-state index in [0.717, 1.165) is 74.4 Å². The average molecular weight is 610 g/mol. The molecule has 1 heterocycles. The highest BCUT2D eigenvalue weighted by Crippen LogP contribution is 2.35. The zero-order valence-electron chi connectivity index (χ0n) is 29.1. The minimum Gasteiger partial charge on any atom is -0.494 e. The molecule has 2 aromatic rings. The van der Waals surface area contributed by atoms with Crippen LogP contribution < -0.4 is 19.8 Å². The molecule has 1 aromatic carbocycles. The van der Waals surface area contributed by atoms with Gasteiger partial charge in [-0.1, -0.05) is 109 Å². The maximum atomic E-state index is 14.1. The van der Waals surface area contributed by atoms with Crippen molar-refractivity contribution in [2.24, 2.45) is 0 Å². The second-order valence-corrected chi connectivity index (χ2v) is 12.6. The molecule has 0 fully saturated rings. The lowest BCUT2D eigenvalue weighted by Gasteiger charge is -2.19. The Hall–Kier alpha value is -2.69. The number of rotatable bonds is 25. The number of fused-ring (bicyclic) bond motifs is 1. The first kappa shape index (κ1) is 37.5. The summed E-state index contributed by atoms with van der Waals surface area (Å²) in [5.74, 6) is 1.71. The molecule has 44 heavy (non-hydrogen) atoms. The van der Waals surface area contributed by atoms with E-state index in [-0.39, 0.29) is 5.56 Å². The number of pyridine rings is 1. The van der Waals surface area contributed by atoms with Crippen molar-refractivity contribution in [3.8, 4) is 17.2 Å². The standard InChI is InChI=1S/C39H63NO4/c1-7-10-13-16-17-20-28-42-34-24-25-35-36(31-34)40(27-18-14-11-8-2)39(41)38(43-29-19-15-12-9-3)37(35)44-30-26-33(6)23-21-22-32(4)5/h22,24-26,31H,7-21,23,27-30H2,1-6H3/b33-26+. The van der Waals surface area contributed by atoms with E-state index < -0.39 is 0 Å². The third kappa shape index (κ3) is 13.9. The highest BCUT2D eigenvalue weighted by Gasteiger charge is 2.20. The summed E-state index contributed by atoms with van der Waals surface area (Å²) >= 11 is 0. The summed E-state index contributed by atoms with van der Waals surface area (Å²) in [6, 6.07) is 6.11. The largest absolute Gasteiger partial charge is 0.494 e. The van der Waals surface area contributed by atoms with Gasteiger partial charge in [-0.15, -0.1) is 0 Å². The maximum absolute atomic E-state index is 14.1. The van der Waals surface area contributed by atoms with Gasteiger partial charge in [-0.25, -0.2) is 0 Å². The molecular formula is C39H63NO4. The van der Waals surface area contributed by atoms with Gasteiger partial charge >= 0.3 is 0 Å². The molecule has 0 bridgehead atoms. The van der Waals surface area contributed by atoms with Crippen LogP contribution >= 0.6 is 0 Å². The Bertz CT molecular complexity index is 1190. The molecule has 248 valence electrons. The Morgan fingerprint density at radius 1 is 0.705 bits per heavy atom. The van der Waals surface area contributed by atoms with Gasteiger partial charge < -0.3 is 18.8 Å². The Morgan fingerprint density at radius 2 is 1.32 bits per heavy atom. The van der Waals surface area contributed by atoms with Crippen LogP contribution in [0, 0.1) is 0 Å². The van der Waals surface area contributed by atoms with E-state index in [2.05, 4.69) is 59.8 Å². The van der Waals surface area contributed by atoms with Crippen LogP contribution in [-0.2, 0) is 6.54 Å². The van der Waals surface area contributed by atoms with E-state index in [1.807, 2.05) is 16.7 Å². The van der Waals surface area contributed by atoms with Crippen LogP contribution in [0.4, 0.5) is 0 Å². The number of allylic oxidation sites excluding steroid dienone is 3. The van der Waals surface area contributed by atoms with E-state index >= 15 is 0 Å². The smallest absolute Gasteiger partial charge is 0.297 e. The molecule has 0 unspecified atom stereocenters. The summed E-state index contributed by atoms with van der Waals surface area (Å²) < 4.78 is 20.8. The summed E-state index contributed by atoms with van der Waals surface area (Å²) in [4.78, 5) is 14.1. The van der Waals surface area contributed by atoms with Gasteiger partial charge in [0.2, 0.25) is 5.75 Å². The second kappa shape index (κ2) is 22.8. The van der Waals surface area contributed by atoms with Gasteiger partial charge in [0, 0.05) is 18.0 Å². The van der Waals surface area contributed by atoms with Crippen molar-refractivity contribution in [1.82, 2.24) is 4.57 Å². The molecule has 0 amide bonds. The van der Waals surface area contributed by atoms with Crippen molar-refractivity contribution in [3.05, 3.63) is 51.9 Å². The molecule has 5 nitrogen and oxygen atoms in total. The predicted octanol–water partition coefficient (Wildman–Crippen LogP) is 11.4. The second-order valence-electron chi connectivity index (χ2n) is 12.6. The van der Waals surface area contributed by atoms with Gasteiger partial charge in [-0.2, -0.15) is 0 Å². The fraction of sp³-hybridized carbons (Fsp3) is 0.667. The first-order valence-corrected chi connectivity index (χ1v) is 17.8. The van der Waals surface area contributed by atoms with E-state index in [4.69, 9.17) is 14.2 Å². The lowest BCUT2D eigenvalue weighted by Crippen LogP contribution is -2.24. The highest BCUT2D eigenvalue weighted by molar-refractivity contribution is 5.89. The molecule has 0 atom stereocenters. The van der Waals surface area contributed by atoms with Crippen molar-refractivity contribution >= 4 is 10.9 Å². The van der Waals surface area contributed by atoms with E-state index in [9.17, 15) is 4.79 Å². The van der Waals surface area contributed by atoms with Gasteiger partial charge in [-0.3, -0.25) is 4.79 Å². The monoisotopic (exact) mass is 609 g/mol. The van der Waals surface area contributed by atoms with Crippen LogP contribution in [0.2, 0.25) is 0 Å². The molecule has 0 aliphatic carbocycles. The number of aromatic nitrogens is 1. The quantitative estimate of drug-likeness (QED) is 0.0830. The number of hydrogen-bond acceptors (Lipinski definition) is 4. The minimum atomic E-state index is -0.100. The van der Waals surface area contributed by atoms with Crippen LogP contribution in [0.25, 0.3) is 10.9 Å². The molecule has 0 radical (unpaired) electrons. The summed E-state index contributed by atoms with van der Waals surface area (Å²) in [6.07, 6.45) is 22.5. The summed E-state index contributed by atoms with van der Waals surface area (Å²) in [5.41, 5.74) is 3.39. The first-order valence-electron chi connectivity index (χ1n) is 17.8. The van der Waals surface area contributed by atoms with Crippen molar-refractivity contribution in [1.29, 1.82) is 0 Å². The van der Waals surface area contributed by atoms with Crippen molar-refractivity contribution in [3.63, 3.8) is 0 Å². The lowest BCUT2D eigenvalue weighted by atomic mass is 10.1. The number of benzene rings is 1. The van der Waals surface area contributed by atoms with Crippen LogP contribution in [0.3, 0.4) is 0 Å². The Kier molecular flexibility index (Phi) is 19.4. The van der Waals surface area contributed by atoms with Gasteiger partial charge in [0.15, 0.2) is 5.75 Å². The molecular weight excluding hydrogens is 546 g/mol. The molecule has 5 heteroatoms. The van der Waals surface area contributed by atoms with Crippen molar-refractivity contribution in [2.45, 2.75) is 151 Å². The van der Waals surface area contributed by atoms with Gasteiger partial charge in [-0.05, 0) is 71.1 Å². The highest BCUT2D eigenvalue weighted by atomic mass is 16.5. The topological polar surface area (TPSA) is 49.7 Å². The molecule has 0 aliphatic heterocycles. The van der Waals surface area contributed by atoms with E-state index in [1.165, 1.54) is 56.1 Å². The van der Waals surface area contributed by atoms with Gasteiger partial charge in [0.05, 0.1) is 18.7 Å². The normalized spacial score (nSPS) is 11.6. The maximum Gasteiger partial charge on any atom is 0.297 e. The lowest BCUT2D eigenvalue weighted by molar-refractivity contribution is 0.272. The molecule has 1 aromatic heterocycles. The number of aryl methyl sites for hydroxylation is 1. The SMILES string of the molecule is CCCCCCCCOc1ccc2c(OC/C=C(\C)CCC=C(C)C)c(OCCCCCC)c(=O)n(CCCCCC)c2c1. The predicted molar refractivity (Wildman–Crippen MR) is 189 cm³/mol. The Balaban J connectivity index is 2.39. The number of hydrogen-bond donors (Lipinski definition) is 0. The third-order valence-electron chi connectivity index (χ3n) is 8.15. The first-order chi connectivity index (χ1) is 21.4. The number of ether oxygens (including phenoxy) is 3. The van der Waals surface area contributed by atoms with Crippen LogP contribution in [0.1, 0.15) is 144 Å². The van der Waals surface area contributed by atoms with Gasteiger partial charge in [0.25, 0.3) is 5.56 Å². The fourth-order valence-electron chi connectivity index (χ4n) is 5.39. The third-order valence-corrected chi connectivity index (χ3v) is 8.15. The van der Waals surface area contributed by atoms with Crippen molar-refractivity contribution in [2.75, 3.05) is 19.8 Å². The summed E-state index contributed by atoms with van der Waals surface area (Å²) in [5, 5.41) is 0.908. The van der Waals surface area contributed by atoms with Crippen LogP contribution in [0.15, 0.2) is 46.3 Å². The number of unbranched alkanes of at least 4 members (excludes halogenated alkanes) is 11. The summed E-state index contributed by atoms with van der Waals surface area (Å²) in [6.45, 7) is 15.3. The van der Waals surface area contributed by atoms with Crippen LogP contribution in [0.5, 0.6) is 17.2 Å². The van der Waals surface area contributed by atoms with Gasteiger partial charge in [0.1, 0.15) is 12.4 Å². The average Bonchev–Trinajstić information content (AvgIpc) is 3.00. The fourth-order valence-corrected chi connectivity index (χ4v) is 5.39. The van der Waals surface area contributed by atoms with E-state index in [1.54, 1.807) is 0 Å². The molecule has 0 spiro atoms. The molecule has 0 N–H and O–H groups in total. The molecule has 0 aliphatic rings.